The number of nitrogens with two attached hydrogens (primary N) is 1. The zero-order valence-corrected chi connectivity index (χ0v) is 113. The third-order valence-electron chi connectivity index (χ3n) is 0. The van der Waals surface area contributed by atoms with Gasteiger partial charge in [-0.25, -0.2) is 0 Å². The maximum absolute atomic E-state index is 0. The van der Waals surface area contributed by atoms with E-state index in [1.165, 1.54) is 0 Å². The van der Waals surface area contributed by atoms with Crippen LogP contribution in [0.25, 0.3) is 6.15 Å². The maximum atomic E-state index is 0. The van der Waals surface area contributed by atoms with E-state index in [0.717, 1.165) is 0 Å². The van der Waals surface area contributed by atoms with Gasteiger partial charge >= 0.3 is 0 Å². The molecular weight excluding hydrogens is 2950 g/mol. The zero-order valence-electron chi connectivity index (χ0n) is 19.6. The van der Waals surface area contributed by atoms with Gasteiger partial charge in [-0.15, -0.1) is 0 Å². The van der Waals surface area contributed by atoms with Gasteiger partial charge in [-0.05, 0) is 0 Å². The van der Waals surface area contributed by atoms with Crippen molar-refractivity contribution in [3.63, 3.8) is 0 Å². The Labute approximate surface area is 1040 Å². The fourth-order valence-electron chi connectivity index (χ4n) is 0. The molecule has 107 valence electrons. The topological polar surface area (TPSA) is 33.5 Å². The SMILES string of the molecule is [NH2-].[Y].[Y].[Y].[Y].[Y].[Y].[Y].[Y].[Y].[Y].[Y].[Y].[Y].[Y].[Y].[Y].[Y].[Y].[Y].[Y].[Y].[Y].[Y].[Y].[Y].[Y].[Y].[Y].[Y].[Y].[Y].[Y].[Y]. The average molecular weight is 2950 g/mol. The van der Waals surface area contributed by atoms with Crippen LogP contribution in [0.15, 0.2) is 0 Å². The summed E-state index contributed by atoms with van der Waals surface area (Å²) in [5.74, 6) is 0. The van der Waals surface area contributed by atoms with E-state index in [9.17, 15) is 0 Å². The van der Waals surface area contributed by atoms with Gasteiger partial charge in [-0.3, -0.25) is 0 Å². The summed E-state index contributed by atoms with van der Waals surface area (Å²) in [5.41, 5.74) is 0. The molecule has 0 aromatic carbocycles. The van der Waals surface area contributed by atoms with Crippen LogP contribution in [-0.4, -0.2) is 0 Å². The van der Waals surface area contributed by atoms with E-state index in [4.69, 9.17) is 0 Å². The molecule has 0 fully saturated rings. The molecule has 0 saturated carbocycles. The molecule has 0 saturated heterocycles. The molecular formula is H2NY33-. The Balaban J connectivity index is 0. The van der Waals surface area contributed by atoms with Crippen molar-refractivity contribution in [2.45, 2.75) is 0 Å². The largest absolute Gasteiger partial charge is 0.693 e. The summed E-state index contributed by atoms with van der Waals surface area (Å²) < 4.78 is 0. The molecule has 0 rings (SSSR count). The van der Waals surface area contributed by atoms with Gasteiger partial charge in [-0.1, -0.05) is 0 Å². The molecule has 0 aliphatic heterocycles. The predicted octanol–water partition coefficient (Wildman–Crippen LogP) is 0.635. The van der Waals surface area contributed by atoms with Gasteiger partial charge in [0.25, 0.3) is 0 Å². The van der Waals surface area contributed by atoms with Crippen molar-refractivity contribution in [1.82, 2.24) is 0 Å². The van der Waals surface area contributed by atoms with Crippen molar-refractivity contribution in [3.05, 3.63) is 6.15 Å². The molecule has 34 heteroatoms. The molecule has 0 spiro atoms. The summed E-state index contributed by atoms with van der Waals surface area (Å²) in [4.78, 5) is 0. The van der Waals surface area contributed by atoms with Crippen LogP contribution in [0.1, 0.15) is 0 Å². The van der Waals surface area contributed by atoms with Gasteiger partial charge in [0.05, 0.1) is 0 Å². The Hall–Kier alpha value is 36.4. The molecule has 1 nitrogen and oxygen atoms in total. The number of hydrogen-bond acceptors (Lipinski definition) is 0. The van der Waals surface area contributed by atoms with E-state index in [-0.39, 0.29) is 1090 Å². The van der Waals surface area contributed by atoms with Gasteiger partial charge in [0.2, 0.25) is 0 Å². The van der Waals surface area contributed by atoms with E-state index in [1.54, 1.807) is 0 Å². The standard InChI is InChI=1S/H2N.33Y/h1H2;;;;;;;;;;;;;;;;;;;;;;;;;;;;;;;;;/q-1;;;;;;;;;;;;;;;;;;;;;;;;;;;;;;;;;. The zero-order chi connectivity index (χ0) is 0. The Morgan fingerprint density at radius 1 is 0.0588 bits per heavy atom. The summed E-state index contributed by atoms with van der Waals surface area (Å²) in [6.07, 6.45) is 0. The first-order chi connectivity index (χ1) is 0. The van der Waals surface area contributed by atoms with E-state index in [2.05, 4.69) is 0 Å². The Morgan fingerprint density at radius 2 is 0.0588 bits per heavy atom. The van der Waals surface area contributed by atoms with Crippen LogP contribution in [-0.2, 0) is 1080 Å². The molecule has 0 aromatic heterocycles. The molecule has 0 bridgehead atoms. The van der Waals surface area contributed by atoms with Crippen LogP contribution < -0.4 is 0 Å². The van der Waals surface area contributed by atoms with Crippen LogP contribution in [0, 0.1) is 0 Å². The van der Waals surface area contributed by atoms with E-state index >= 15 is 0 Å². The molecule has 0 heterocycles. The van der Waals surface area contributed by atoms with Crippen LogP contribution in [0.2, 0.25) is 0 Å². The minimum Gasteiger partial charge on any atom is -0.693 e. The molecule has 33 radical (unpaired) electrons. The first kappa shape index (κ1) is 256. The second-order valence-corrected chi connectivity index (χ2v) is 0. The maximum Gasteiger partial charge on any atom is 0 e. The van der Waals surface area contributed by atoms with Crippen LogP contribution in [0.5, 0.6) is 0 Å². The number of hydrogen-bond donors (Lipinski definition) is 0. The Bertz CT molecular complexity index is 6.51. The van der Waals surface area contributed by atoms with Crippen LogP contribution >= 0.6 is 0 Å². The molecule has 2 N–H and O–H groups in total. The molecule has 0 aliphatic rings. The first-order valence-electron chi connectivity index (χ1n) is 0. The summed E-state index contributed by atoms with van der Waals surface area (Å²) in [5, 5.41) is 0. The van der Waals surface area contributed by atoms with Crippen molar-refractivity contribution in [2.75, 3.05) is 0 Å². The first-order valence-corrected chi connectivity index (χ1v) is 0. The smallest absolute Gasteiger partial charge is 0 e. The van der Waals surface area contributed by atoms with Crippen molar-refractivity contribution < 1.29 is 1080 Å². The van der Waals surface area contributed by atoms with E-state index < -0.39 is 0 Å². The summed E-state index contributed by atoms with van der Waals surface area (Å²) >= 11 is 0. The van der Waals surface area contributed by atoms with E-state index in [0.29, 0.717) is 0 Å². The average Bonchev–Trinajstić information content (AvgIpc) is 0. The second kappa shape index (κ2) is 245. The molecule has 34 heavy (non-hydrogen) atoms. The van der Waals surface area contributed by atoms with Gasteiger partial charge < -0.3 is 6.15 Å². The van der Waals surface area contributed by atoms with Crippen molar-refractivity contribution >= 4 is 0 Å². The van der Waals surface area contributed by atoms with Crippen molar-refractivity contribution in [3.8, 4) is 0 Å². The number of rotatable bonds is 0. The minimum atomic E-state index is 0. The predicted molar refractivity (Wildman–Crippen MR) is 5.28 cm³/mol. The van der Waals surface area contributed by atoms with Crippen LogP contribution in [0.3, 0.4) is 0 Å². The van der Waals surface area contributed by atoms with Crippen molar-refractivity contribution in [2.24, 2.45) is 0 Å². The Kier molecular flexibility index (Phi) is 1840. The third kappa shape index (κ3) is 235. The fourth-order valence-corrected chi connectivity index (χ4v) is 0. The summed E-state index contributed by atoms with van der Waals surface area (Å²) in [6.45, 7) is 0. The summed E-state index contributed by atoms with van der Waals surface area (Å²) in [7, 11) is 0. The Morgan fingerprint density at radius 3 is 0.0588 bits per heavy atom. The molecule has 0 aliphatic carbocycles. The molecule has 0 unspecified atom stereocenters. The fraction of sp³-hybridized carbons (Fsp3) is 0. The quantitative estimate of drug-likeness (QED) is 0.342. The van der Waals surface area contributed by atoms with Gasteiger partial charge in [0.1, 0.15) is 0 Å². The van der Waals surface area contributed by atoms with Gasteiger partial charge in [-0.2, -0.15) is 0 Å². The van der Waals surface area contributed by atoms with E-state index in [1.807, 2.05) is 0 Å². The minimum absolute atomic E-state index is 0. The van der Waals surface area contributed by atoms with Crippen LogP contribution in [0.4, 0.5) is 0 Å². The summed E-state index contributed by atoms with van der Waals surface area (Å²) in [6, 6.07) is 0. The molecule has 0 amide bonds. The molecule has 0 aromatic rings. The van der Waals surface area contributed by atoms with Crippen molar-refractivity contribution in [1.29, 1.82) is 0 Å². The third-order valence-corrected chi connectivity index (χ3v) is 0. The monoisotopic (exact) mass is 2950 g/mol. The van der Waals surface area contributed by atoms with Gasteiger partial charge in [0.15, 0.2) is 0 Å². The second-order valence-electron chi connectivity index (χ2n) is 0. The normalized spacial score (nSPS) is 0. The van der Waals surface area contributed by atoms with Gasteiger partial charge in [0, 0.05) is 1080 Å². The molecule has 0 atom stereocenters.